The van der Waals surface area contributed by atoms with Crippen LogP contribution in [0, 0.1) is 0 Å². The maximum Gasteiger partial charge on any atom is 0.381 e. The van der Waals surface area contributed by atoms with Crippen molar-refractivity contribution in [3.8, 4) is 0 Å². The molecule has 0 saturated carbocycles. The van der Waals surface area contributed by atoms with E-state index in [1.807, 2.05) is 0 Å². The molecule has 1 saturated heterocycles. The Morgan fingerprint density at radius 2 is 1.81 bits per heavy atom. The van der Waals surface area contributed by atoms with E-state index in [1.54, 1.807) is 0 Å². The fraction of sp³-hybridized carbons (Fsp3) is 0.706. The SMILES string of the molecule is C=C(C)C(=O)OC(CC)C(F)(F)C(=O)OC1(C)CC(C)(C)OC(=O)C1(F)F. The molecule has 1 heterocycles. The number of ether oxygens (including phenoxy) is 3. The number of hydrogen-bond acceptors (Lipinski definition) is 6. The summed E-state index contributed by atoms with van der Waals surface area (Å²) in [4.78, 5) is 35.1. The molecule has 154 valence electrons. The Labute approximate surface area is 153 Å². The molecule has 0 amide bonds. The highest BCUT2D eigenvalue weighted by Crippen LogP contribution is 2.46. The first kappa shape index (κ1) is 22.9. The Bertz CT molecular complexity index is 658. The van der Waals surface area contributed by atoms with Crippen molar-refractivity contribution in [3.63, 3.8) is 0 Å². The predicted molar refractivity (Wildman–Crippen MR) is 84.2 cm³/mol. The van der Waals surface area contributed by atoms with Crippen molar-refractivity contribution in [2.24, 2.45) is 0 Å². The van der Waals surface area contributed by atoms with Crippen molar-refractivity contribution in [3.05, 3.63) is 12.2 Å². The van der Waals surface area contributed by atoms with Gasteiger partial charge in [0.25, 0.3) is 0 Å². The van der Waals surface area contributed by atoms with E-state index >= 15 is 0 Å². The first-order chi connectivity index (χ1) is 12.0. The van der Waals surface area contributed by atoms with Crippen LogP contribution in [0.25, 0.3) is 0 Å². The van der Waals surface area contributed by atoms with E-state index in [0.717, 1.165) is 0 Å². The van der Waals surface area contributed by atoms with Gasteiger partial charge in [-0.2, -0.15) is 17.6 Å². The average molecular weight is 398 g/mol. The summed E-state index contributed by atoms with van der Waals surface area (Å²) in [7, 11) is 0. The molecule has 0 aromatic rings. The zero-order chi connectivity index (χ0) is 21.4. The number of hydrogen-bond donors (Lipinski definition) is 0. The van der Waals surface area contributed by atoms with Crippen LogP contribution in [0.1, 0.15) is 47.5 Å². The van der Waals surface area contributed by atoms with Crippen LogP contribution in [0.3, 0.4) is 0 Å². The van der Waals surface area contributed by atoms with E-state index < -0.39 is 59.9 Å². The summed E-state index contributed by atoms with van der Waals surface area (Å²) in [6.07, 6.45) is -3.47. The van der Waals surface area contributed by atoms with Crippen LogP contribution in [-0.2, 0) is 28.6 Å². The molecule has 1 aliphatic rings. The topological polar surface area (TPSA) is 78.9 Å². The first-order valence-electron chi connectivity index (χ1n) is 8.09. The summed E-state index contributed by atoms with van der Waals surface area (Å²) in [5.74, 6) is -14.3. The molecule has 0 N–H and O–H groups in total. The van der Waals surface area contributed by atoms with E-state index in [2.05, 4.69) is 20.8 Å². The van der Waals surface area contributed by atoms with Crippen LogP contribution in [0.15, 0.2) is 12.2 Å². The molecular formula is C17H22F4O6. The highest BCUT2D eigenvalue weighted by Gasteiger charge is 2.68. The fourth-order valence-electron chi connectivity index (χ4n) is 2.64. The van der Waals surface area contributed by atoms with Gasteiger partial charge in [-0.25, -0.2) is 14.4 Å². The molecule has 2 atom stereocenters. The quantitative estimate of drug-likeness (QED) is 0.296. The highest BCUT2D eigenvalue weighted by molar-refractivity contribution is 5.88. The van der Waals surface area contributed by atoms with Gasteiger partial charge in [0.15, 0.2) is 11.7 Å². The first-order valence-corrected chi connectivity index (χ1v) is 8.09. The molecule has 0 aromatic heterocycles. The van der Waals surface area contributed by atoms with Gasteiger partial charge in [0, 0.05) is 12.0 Å². The maximum absolute atomic E-state index is 14.4. The molecule has 1 fully saturated rings. The lowest BCUT2D eigenvalue weighted by atomic mass is 9.82. The standard InChI is InChI=1S/C17H22F4O6/c1-7-10(25-11(22)9(2)3)16(18,19)12(23)27-15(6)8-14(4,5)26-13(24)17(15,20)21/h10H,2,7-8H2,1,3-6H3. The van der Waals surface area contributed by atoms with Crippen LogP contribution < -0.4 is 0 Å². The van der Waals surface area contributed by atoms with Gasteiger partial charge in [-0.1, -0.05) is 13.5 Å². The summed E-state index contributed by atoms with van der Waals surface area (Å²) in [6.45, 7) is 8.86. The zero-order valence-corrected chi connectivity index (χ0v) is 15.7. The molecule has 6 nitrogen and oxygen atoms in total. The fourth-order valence-corrected chi connectivity index (χ4v) is 2.64. The summed E-state index contributed by atoms with van der Waals surface area (Å²) >= 11 is 0. The summed E-state index contributed by atoms with van der Waals surface area (Å²) < 4.78 is 70.9. The van der Waals surface area contributed by atoms with Crippen molar-refractivity contribution >= 4 is 17.9 Å². The Balaban J connectivity index is 3.13. The maximum atomic E-state index is 14.4. The minimum absolute atomic E-state index is 0.187. The van der Waals surface area contributed by atoms with Crippen molar-refractivity contribution < 1.29 is 46.2 Å². The minimum atomic E-state index is -4.43. The Kier molecular flexibility index (Phi) is 6.04. The third-order valence-corrected chi connectivity index (χ3v) is 4.02. The van der Waals surface area contributed by atoms with E-state index in [0.29, 0.717) is 6.92 Å². The van der Waals surface area contributed by atoms with Crippen molar-refractivity contribution in [2.45, 2.75) is 76.6 Å². The Hall–Kier alpha value is -2.13. The summed E-state index contributed by atoms with van der Waals surface area (Å²) in [5, 5.41) is 0. The van der Waals surface area contributed by atoms with Crippen LogP contribution >= 0.6 is 0 Å². The van der Waals surface area contributed by atoms with E-state index in [1.165, 1.54) is 27.7 Å². The van der Waals surface area contributed by atoms with Crippen molar-refractivity contribution in [1.82, 2.24) is 0 Å². The lowest BCUT2D eigenvalue weighted by Crippen LogP contribution is -2.64. The molecule has 0 bridgehead atoms. The lowest BCUT2D eigenvalue weighted by molar-refractivity contribution is -0.271. The predicted octanol–water partition coefficient (Wildman–Crippen LogP) is 3.18. The third-order valence-electron chi connectivity index (χ3n) is 4.02. The zero-order valence-electron chi connectivity index (χ0n) is 15.7. The monoisotopic (exact) mass is 398 g/mol. The number of halogens is 4. The van der Waals surface area contributed by atoms with Crippen LogP contribution in [0.2, 0.25) is 0 Å². The summed E-state index contributed by atoms with van der Waals surface area (Å²) in [5.41, 5.74) is -4.53. The largest absolute Gasteiger partial charge is 0.455 e. The molecule has 0 spiro atoms. The second-order valence-electron chi connectivity index (χ2n) is 7.23. The van der Waals surface area contributed by atoms with E-state index in [4.69, 9.17) is 0 Å². The van der Waals surface area contributed by atoms with Crippen LogP contribution in [0.5, 0.6) is 0 Å². The van der Waals surface area contributed by atoms with Crippen molar-refractivity contribution in [2.75, 3.05) is 0 Å². The second kappa shape index (κ2) is 7.12. The molecule has 1 aliphatic heterocycles. The van der Waals surface area contributed by atoms with Gasteiger partial charge in [-0.15, -0.1) is 0 Å². The molecule has 27 heavy (non-hydrogen) atoms. The molecule has 10 heteroatoms. The van der Waals surface area contributed by atoms with E-state index in [9.17, 15) is 31.9 Å². The Morgan fingerprint density at radius 1 is 1.30 bits per heavy atom. The van der Waals surface area contributed by atoms with Crippen LogP contribution in [0.4, 0.5) is 17.6 Å². The minimum Gasteiger partial charge on any atom is -0.455 e. The number of carbonyl (C=O) groups is 3. The number of rotatable bonds is 6. The van der Waals surface area contributed by atoms with Crippen molar-refractivity contribution in [1.29, 1.82) is 0 Å². The molecule has 1 rings (SSSR count). The van der Waals surface area contributed by atoms with Gasteiger partial charge in [-0.3, -0.25) is 0 Å². The number of esters is 3. The summed E-state index contributed by atoms with van der Waals surface area (Å²) in [6, 6.07) is 0. The number of alkyl halides is 4. The molecule has 2 unspecified atom stereocenters. The highest BCUT2D eigenvalue weighted by atomic mass is 19.3. The number of carbonyl (C=O) groups excluding carboxylic acids is 3. The van der Waals surface area contributed by atoms with Crippen LogP contribution in [-0.4, -0.2) is 47.1 Å². The smallest absolute Gasteiger partial charge is 0.381 e. The molecule has 0 aromatic carbocycles. The van der Waals surface area contributed by atoms with Gasteiger partial charge in [-0.05, 0) is 34.1 Å². The molecule has 0 aliphatic carbocycles. The third kappa shape index (κ3) is 4.41. The normalized spacial score (nSPS) is 25.1. The van der Waals surface area contributed by atoms with E-state index in [-0.39, 0.29) is 5.57 Å². The number of cyclic esters (lactones) is 1. The Morgan fingerprint density at radius 3 is 2.26 bits per heavy atom. The van der Waals surface area contributed by atoms with Gasteiger partial charge >= 0.3 is 29.8 Å². The molecular weight excluding hydrogens is 376 g/mol. The van der Waals surface area contributed by atoms with Gasteiger partial charge in [0.1, 0.15) is 5.60 Å². The second-order valence-corrected chi connectivity index (χ2v) is 7.23. The van der Waals surface area contributed by atoms with Gasteiger partial charge in [0.05, 0.1) is 0 Å². The van der Waals surface area contributed by atoms with Gasteiger partial charge < -0.3 is 14.2 Å². The lowest BCUT2D eigenvalue weighted by Gasteiger charge is -2.45. The average Bonchev–Trinajstić information content (AvgIpc) is 2.49. The van der Waals surface area contributed by atoms with Gasteiger partial charge in [0.2, 0.25) is 0 Å². The molecule has 0 radical (unpaired) electrons.